The van der Waals surface area contributed by atoms with Gasteiger partial charge in [0.1, 0.15) is 11.6 Å². The molecule has 0 N–H and O–H groups in total. The van der Waals surface area contributed by atoms with Crippen molar-refractivity contribution >= 4 is 5.78 Å². The normalized spacial score (nSPS) is 10.2. The van der Waals surface area contributed by atoms with E-state index in [1.54, 1.807) is 0 Å². The molecule has 0 amide bonds. The van der Waals surface area contributed by atoms with Crippen molar-refractivity contribution in [3.8, 4) is 0 Å². The van der Waals surface area contributed by atoms with E-state index in [-0.39, 0.29) is 11.3 Å². The molecule has 0 aliphatic carbocycles. The van der Waals surface area contributed by atoms with Gasteiger partial charge in [0.2, 0.25) is 0 Å². The topological polar surface area (TPSA) is 17.1 Å². The smallest absolute Gasteiger partial charge is 0.163 e. The first-order valence-corrected chi connectivity index (χ1v) is 4.62. The van der Waals surface area contributed by atoms with E-state index in [0.717, 1.165) is 31.0 Å². The minimum Gasteiger partial charge on any atom is -0.294 e. The first-order chi connectivity index (χ1) is 6.63. The molecule has 14 heavy (non-hydrogen) atoms. The third kappa shape index (κ3) is 2.91. The number of Topliss-reactive ketones (excluding diaryl/α,β-unsaturated/α-hetero) is 1. The number of halogens is 2. The van der Waals surface area contributed by atoms with Gasteiger partial charge in [-0.05, 0) is 18.6 Å². The van der Waals surface area contributed by atoms with Crippen LogP contribution in [-0.2, 0) is 0 Å². The second-order valence-corrected chi connectivity index (χ2v) is 3.18. The maximum atomic E-state index is 12.7. The Kier molecular flexibility index (Phi) is 3.74. The fourth-order valence-electron chi connectivity index (χ4n) is 1.20. The van der Waals surface area contributed by atoms with Crippen molar-refractivity contribution < 1.29 is 13.6 Å². The molecular weight excluding hydrogens is 186 g/mol. The molecule has 1 aromatic rings. The summed E-state index contributed by atoms with van der Waals surface area (Å²) in [5.74, 6) is -1.61. The Bertz CT molecular complexity index is 314. The molecule has 0 bridgehead atoms. The molecule has 0 unspecified atom stereocenters. The second-order valence-electron chi connectivity index (χ2n) is 3.18. The van der Waals surface area contributed by atoms with Crippen molar-refractivity contribution in [2.75, 3.05) is 0 Å². The van der Waals surface area contributed by atoms with Crippen molar-refractivity contribution in [2.24, 2.45) is 0 Å². The highest BCUT2D eigenvalue weighted by Crippen LogP contribution is 2.11. The Labute approximate surface area is 81.7 Å². The van der Waals surface area contributed by atoms with Crippen LogP contribution in [0.4, 0.5) is 8.78 Å². The third-order valence-corrected chi connectivity index (χ3v) is 1.94. The van der Waals surface area contributed by atoms with Crippen molar-refractivity contribution in [1.82, 2.24) is 0 Å². The van der Waals surface area contributed by atoms with Crippen LogP contribution >= 0.6 is 0 Å². The van der Waals surface area contributed by atoms with Crippen molar-refractivity contribution in [1.29, 1.82) is 0 Å². The van der Waals surface area contributed by atoms with Gasteiger partial charge in [-0.15, -0.1) is 0 Å². The van der Waals surface area contributed by atoms with E-state index in [9.17, 15) is 13.6 Å². The molecule has 0 saturated carbocycles. The molecule has 0 radical (unpaired) electrons. The average molecular weight is 198 g/mol. The van der Waals surface area contributed by atoms with Crippen LogP contribution in [0.1, 0.15) is 36.5 Å². The summed E-state index contributed by atoms with van der Waals surface area (Å²) in [6, 6.07) is 2.90. The van der Waals surface area contributed by atoms with Crippen LogP contribution in [0.2, 0.25) is 0 Å². The van der Waals surface area contributed by atoms with Gasteiger partial charge in [-0.25, -0.2) is 8.78 Å². The number of hydrogen-bond donors (Lipinski definition) is 0. The number of carbonyl (C=O) groups excluding carboxylic acids is 1. The average Bonchev–Trinajstić information content (AvgIpc) is 2.12. The van der Waals surface area contributed by atoms with Gasteiger partial charge in [0.25, 0.3) is 0 Å². The molecule has 1 aromatic carbocycles. The summed E-state index contributed by atoms with van der Waals surface area (Å²) >= 11 is 0. The molecule has 0 aromatic heterocycles. The Hall–Kier alpha value is -1.25. The van der Waals surface area contributed by atoms with E-state index in [2.05, 4.69) is 0 Å². The van der Waals surface area contributed by atoms with Gasteiger partial charge in [-0.2, -0.15) is 0 Å². The standard InChI is InChI=1S/C11H12F2O/c1-2-3-4-11(14)8-5-9(12)7-10(13)6-8/h5-7H,2-4H2,1H3. The SMILES string of the molecule is CCCCC(=O)c1cc(F)cc(F)c1. The fourth-order valence-corrected chi connectivity index (χ4v) is 1.20. The summed E-state index contributed by atoms with van der Waals surface area (Å²) in [5.41, 5.74) is 0.121. The summed E-state index contributed by atoms with van der Waals surface area (Å²) < 4.78 is 25.4. The van der Waals surface area contributed by atoms with E-state index < -0.39 is 11.6 Å². The Morgan fingerprint density at radius 2 is 1.79 bits per heavy atom. The third-order valence-electron chi connectivity index (χ3n) is 1.94. The van der Waals surface area contributed by atoms with Gasteiger partial charge < -0.3 is 0 Å². The lowest BCUT2D eigenvalue weighted by Gasteiger charge is -2.00. The highest BCUT2D eigenvalue weighted by atomic mass is 19.1. The van der Waals surface area contributed by atoms with Gasteiger partial charge in [0, 0.05) is 18.1 Å². The summed E-state index contributed by atoms with van der Waals surface area (Å²) in [6.45, 7) is 1.96. The van der Waals surface area contributed by atoms with Crippen molar-refractivity contribution in [3.05, 3.63) is 35.4 Å². The Morgan fingerprint density at radius 1 is 1.21 bits per heavy atom. The molecule has 3 heteroatoms. The predicted octanol–water partition coefficient (Wildman–Crippen LogP) is 3.34. The quantitative estimate of drug-likeness (QED) is 0.678. The van der Waals surface area contributed by atoms with E-state index >= 15 is 0 Å². The lowest BCUT2D eigenvalue weighted by Crippen LogP contribution is -2.00. The lowest BCUT2D eigenvalue weighted by atomic mass is 10.1. The zero-order chi connectivity index (χ0) is 10.6. The van der Waals surface area contributed by atoms with Gasteiger partial charge in [0.15, 0.2) is 5.78 Å². The van der Waals surface area contributed by atoms with E-state index in [0.29, 0.717) is 6.42 Å². The zero-order valence-electron chi connectivity index (χ0n) is 8.02. The number of ketones is 1. The highest BCUT2D eigenvalue weighted by molar-refractivity contribution is 5.96. The van der Waals surface area contributed by atoms with Crippen LogP contribution < -0.4 is 0 Å². The molecule has 1 rings (SSSR count). The second kappa shape index (κ2) is 4.84. The van der Waals surface area contributed by atoms with Crippen LogP contribution in [0.25, 0.3) is 0 Å². The molecule has 0 atom stereocenters. The molecular formula is C11H12F2O. The van der Waals surface area contributed by atoms with Crippen molar-refractivity contribution in [2.45, 2.75) is 26.2 Å². The van der Waals surface area contributed by atoms with Crippen LogP contribution in [-0.4, -0.2) is 5.78 Å². The number of hydrogen-bond acceptors (Lipinski definition) is 1. The Balaban J connectivity index is 2.79. The molecule has 1 nitrogen and oxygen atoms in total. The Morgan fingerprint density at radius 3 is 2.29 bits per heavy atom. The van der Waals surface area contributed by atoms with Crippen molar-refractivity contribution in [3.63, 3.8) is 0 Å². The van der Waals surface area contributed by atoms with Crippen LogP contribution in [0.15, 0.2) is 18.2 Å². The lowest BCUT2D eigenvalue weighted by molar-refractivity contribution is 0.0979. The monoisotopic (exact) mass is 198 g/mol. The van der Waals surface area contributed by atoms with Gasteiger partial charge in [-0.1, -0.05) is 13.3 Å². The molecule has 0 saturated heterocycles. The van der Waals surface area contributed by atoms with E-state index in [1.807, 2.05) is 6.92 Å². The van der Waals surface area contributed by atoms with E-state index in [1.165, 1.54) is 0 Å². The number of carbonyl (C=O) groups is 1. The maximum Gasteiger partial charge on any atom is 0.163 e. The van der Waals surface area contributed by atoms with Crippen LogP contribution in [0.3, 0.4) is 0 Å². The van der Waals surface area contributed by atoms with Gasteiger partial charge in [0.05, 0.1) is 0 Å². The van der Waals surface area contributed by atoms with Gasteiger partial charge >= 0.3 is 0 Å². The summed E-state index contributed by atoms with van der Waals surface area (Å²) in [7, 11) is 0. The largest absolute Gasteiger partial charge is 0.294 e. The first-order valence-electron chi connectivity index (χ1n) is 4.62. The van der Waals surface area contributed by atoms with Gasteiger partial charge in [-0.3, -0.25) is 4.79 Å². The maximum absolute atomic E-state index is 12.7. The number of rotatable bonds is 4. The molecule has 0 fully saturated rings. The van der Waals surface area contributed by atoms with Crippen LogP contribution in [0, 0.1) is 11.6 Å². The fraction of sp³-hybridized carbons (Fsp3) is 0.364. The van der Waals surface area contributed by atoms with E-state index in [4.69, 9.17) is 0 Å². The molecule has 0 aliphatic heterocycles. The highest BCUT2D eigenvalue weighted by Gasteiger charge is 2.08. The molecule has 76 valence electrons. The van der Waals surface area contributed by atoms with Crippen LogP contribution in [0.5, 0.6) is 0 Å². The summed E-state index contributed by atoms with van der Waals surface area (Å²) in [5, 5.41) is 0. The molecule has 0 aliphatic rings. The molecule has 0 spiro atoms. The number of benzene rings is 1. The minimum atomic E-state index is -0.704. The minimum absolute atomic E-state index is 0.121. The molecule has 0 heterocycles. The predicted molar refractivity (Wildman–Crippen MR) is 50.2 cm³/mol. The summed E-state index contributed by atoms with van der Waals surface area (Å²) in [4.78, 5) is 11.4. The first kappa shape index (κ1) is 10.8. The zero-order valence-corrected chi connectivity index (χ0v) is 8.02. The number of unbranched alkanes of at least 4 members (excludes halogenated alkanes) is 1. The summed E-state index contributed by atoms with van der Waals surface area (Å²) in [6.07, 6.45) is 1.99.